The number of halogens is 2. The van der Waals surface area contributed by atoms with Crippen LogP contribution < -0.4 is 5.32 Å². The maximum atomic E-state index is 13.7. The highest BCUT2D eigenvalue weighted by molar-refractivity contribution is 6.30. The summed E-state index contributed by atoms with van der Waals surface area (Å²) in [5.41, 5.74) is 0.609. The van der Waals surface area contributed by atoms with Gasteiger partial charge in [-0.25, -0.2) is 4.39 Å². The molecule has 2 aliphatic rings. The van der Waals surface area contributed by atoms with E-state index in [1.165, 1.54) is 29.2 Å². The van der Waals surface area contributed by atoms with Crippen molar-refractivity contribution in [2.45, 2.75) is 31.2 Å². The highest BCUT2D eigenvalue weighted by Gasteiger charge is 2.54. The molecule has 38 heavy (non-hydrogen) atoms. The molecule has 1 spiro atoms. The molecule has 3 amide bonds. The molecule has 0 saturated carbocycles. The fraction of sp³-hybridized carbons (Fsp3) is 0.276. The number of ether oxygens (including phenoxy) is 1. The number of piperidine rings is 1. The summed E-state index contributed by atoms with van der Waals surface area (Å²) < 4.78 is 19.8. The van der Waals surface area contributed by atoms with Gasteiger partial charge in [-0.15, -0.1) is 0 Å². The molecule has 3 aromatic carbocycles. The quantitative estimate of drug-likeness (QED) is 0.529. The Morgan fingerprint density at radius 1 is 0.921 bits per heavy atom. The average molecular weight is 536 g/mol. The summed E-state index contributed by atoms with van der Waals surface area (Å²) in [7, 11) is 0. The van der Waals surface area contributed by atoms with Gasteiger partial charge in [0.25, 0.3) is 11.8 Å². The monoisotopic (exact) mass is 535 g/mol. The lowest BCUT2D eigenvalue weighted by molar-refractivity contribution is -0.128. The minimum Gasteiger partial charge on any atom is -0.353 e. The first-order valence-electron chi connectivity index (χ1n) is 12.5. The number of nitrogens with one attached hydrogen (secondary N) is 1. The van der Waals surface area contributed by atoms with Gasteiger partial charge in [-0.2, -0.15) is 0 Å². The second-order valence-corrected chi connectivity index (χ2v) is 9.90. The van der Waals surface area contributed by atoms with E-state index in [0.717, 1.165) is 5.56 Å². The van der Waals surface area contributed by atoms with Crippen molar-refractivity contribution in [3.05, 3.63) is 106 Å². The van der Waals surface area contributed by atoms with Crippen LogP contribution in [0, 0.1) is 5.82 Å². The van der Waals surface area contributed by atoms with E-state index in [0.29, 0.717) is 43.1 Å². The fourth-order valence-electron chi connectivity index (χ4n) is 5.06. The lowest BCUT2D eigenvalue weighted by atomic mass is 9.96. The van der Waals surface area contributed by atoms with Crippen LogP contribution >= 0.6 is 11.6 Å². The number of rotatable bonds is 5. The molecule has 2 aliphatic heterocycles. The maximum Gasteiger partial charge on any atom is 0.256 e. The van der Waals surface area contributed by atoms with Crippen molar-refractivity contribution < 1.29 is 23.5 Å². The van der Waals surface area contributed by atoms with Gasteiger partial charge in [0, 0.05) is 48.6 Å². The molecule has 7 nitrogen and oxygen atoms in total. The number of carbonyl (C=O) groups excluding carboxylic acids is 3. The Bertz CT molecular complexity index is 1330. The molecule has 1 atom stereocenters. The summed E-state index contributed by atoms with van der Waals surface area (Å²) in [6, 6.07) is 20.6. The van der Waals surface area contributed by atoms with Crippen LogP contribution in [0.3, 0.4) is 0 Å². The van der Waals surface area contributed by atoms with Gasteiger partial charge in [-0.1, -0.05) is 48.0 Å². The third-order valence-corrected chi connectivity index (χ3v) is 7.32. The molecule has 0 aliphatic carbocycles. The van der Waals surface area contributed by atoms with E-state index >= 15 is 0 Å². The van der Waals surface area contributed by atoms with E-state index in [1.54, 1.807) is 29.2 Å². The van der Waals surface area contributed by atoms with E-state index < -0.39 is 23.5 Å². The topological polar surface area (TPSA) is 79.0 Å². The third kappa shape index (κ3) is 5.28. The predicted molar refractivity (Wildman–Crippen MR) is 140 cm³/mol. The summed E-state index contributed by atoms with van der Waals surface area (Å²) in [6.45, 7) is 0.993. The first-order chi connectivity index (χ1) is 18.4. The molecule has 9 heteroatoms. The highest BCUT2D eigenvalue weighted by Crippen LogP contribution is 2.39. The molecular formula is C29H27ClFN3O4. The summed E-state index contributed by atoms with van der Waals surface area (Å²) >= 11 is 6.06. The molecule has 0 radical (unpaired) electrons. The zero-order valence-electron chi connectivity index (χ0n) is 20.6. The largest absolute Gasteiger partial charge is 0.353 e. The zero-order chi connectivity index (χ0) is 26.7. The van der Waals surface area contributed by atoms with Crippen molar-refractivity contribution in [1.29, 1.82) is 0 Å². The normalized spacial score (nSPS) is 18.4. The zero-order valence-corrected chi connectivity index (χ0v) is 21.4. The molecule has 2 heterocycles. The number of hydrogen-bond donors (Lipinski definition) is 1. The second kappa shape index (κ2) is 10.9. The Morgan fingerprint density at radius 2 is 1.63 bits per heavy atom. The van der Waals surface area contributed by atoms with Crippen molar-refractivity contribution in [2.24, 2.45) is 0 Å². The van der Waals surface area contributed by atoms with Crippen molar-refractivity contribution in [3.63, 3.8) is 0 Å². The van der Waals surface area contributed by atoms with Gasteiger partial charge in [0.2, 0.25) is 5.91 Å². The predicted octanol–water partition coefficient (Wildman–Crippen LogP) is 4.27. The summed E-state index contributed by atoms with van der Waals surface area (Å²) in [4.78, 5) is 43.3. The van der Waals surface area contributed by atoms with Gasteiger partial charge in [-0.3, -0.25) is 19.3 Å². The highest BCUT2D eigenvalue weighted by atomic mass is 35.5. The van der Waals surface area contributed by atoms with Crippen molar-refractivity contribution in [2.75, 3.05) is 19.7 Å². The van der Waals surface area contributed by atoms with Gasteiger partial charge in [0.1, 0.15) is 17.6 Å². The number of nitrogens with zero attached hydrogens (tertiary/aromatic N) is 2. The van der Waals surface area contributed by atoms with Gasteiger partial charge >= 0.3 is 0 Å². The number of carbonyl (C=O) groups is 3. The molecule has 2 saturated heterocycles. The van der Waals surface area contributed by atoms with E-state index in [-0.39, 0.29) is 24.0 Å². The number of likely N-dealkylation sites (tertiary alicyclic amines) is 1. The van der Waals surface area contributed by atoms with Gasteiger partial charge in [0.15, 0.2) is 0 Å². The van der Waals surface area contributed by atoms with Crippen LogP contribution in [0.4, 0.5) is 4.39 Å². The standard InChI is InChI=1S/C29H27ClFN3O4/c30-23-8-4-7-22(17-23)27(36)33-15-13-29(14-16-33)34(28(37)21-9-11-24(31)12-10-21)25(19-38-29)26(35)32-18-20-5-2-1-3-6-20/h1-12,17,25H,13-16,18-19H2,(H,32,35). The van der Waals surface area contributed by atoms with Crippen molar-refractivity contribution in [1.82, 2.24) is 15.1 Å². The van der Waals surface area contributed by atoms with Crippen LogP contribution in [-0.4, -0.2) is 59.0 Å². The lowest BCUT2D eigenvalue weighted by Crippen LogP contribution is -2.59. The third-order valence-electron chi connectivity index (χ3n) is 7.09. The Hall–Kier alpha value is -3.75. The van der Waals surface area contributed by atoms with Crippen LogP contribution in [0.5, 0.6) is 0 Å². The van der Waals surface area contributed by atoms with Crippen LogP contribution in [0.25, 0.3) is 0 Å². The molecule has 1 N–H and O–H groups in total. The molecule has 5 rings (SSSR count). The minimum absolute atomic E-state index is 0.0236. The Kier molecular flexibility index (Phi) is 7.44. The van der Waals surface area contributed by atoms with E-state index in [4.69, 9.17) is 16.3 Å². The maximum absolute atomic E-state index is 13.7. The Balaban J connectivity index is 1.36. The molecular weight excluding hydrogens is 509 g/mol. The second-order valence-electron chi connectivity index (χ2n) is 9.46. The molecule has 0 aromatic heterocycles. The molecule has 196 valence electrons. The molecule has 0 bridgehead atoms. The Labute approximate surface area is 225 Å². The molecule has 1 unspecified atom stereocenters. The van der Waals surface area contributed by atoms with Crippen LogP contribution in [0.15, 0.2) is 78.9 Å². The fourth-order valence-corrected chi connectivity index (χ4v) is 5.25. The summed E-state index contributed by atoms with van der Waals surface area (Å²) in [6.07, 6.45) is 0.656. The van der Waals surface area contributed by atoms with Crippen molar-refractivity contribution >= 4 is 29.3 Å². The van der Waals surface area contributed by atoms with Gasteiger partial charge in [-0.05, 0) is 48.0 Å². The summed E-state index contributed by atoms with van der Waals surface area (Å²) in [5.74, 6) is -1.37. The number of benzene rings is 3. The Morgan fingerprint density at radius 3 is 2.32 bits per heavy atom. The first-order valence-corrected chi connectivity index (χ1v) is 12.8. The van der Waals surface area contributed by atoms with Gasteiger partial charge in [0.05, 0.1) is 6.61 Å². The van der Waals surface area contributed by atoms with Crippen LogP contribution in [0.1, 0.15) is 39.1 Å². The van der Waals surface area contributed by atoms with E-state index in [2.05, 4.69) is 5.32 Å². The van der Waals surface area contributed by atoms with Crippen LogP contribution in [-0.2, 0) is 16.1 Å². The van der Waals surface area contributed by atoms with Gasteiger partial charge < -0.3 is 15.0 Å². The van der Waals surface area contributed by atoms with E-state index in [1.807, 2.05) is 30.3 Å². The minimum atomic E-state index is -1.06. The average Bonchev–Trinajstić information content (AvgIpc) is 3.30. The van der Waals surface area contributed by atoms with Crippen molar-refractivity contribution in [3.8, 4) is 0 Å². The molecule has 2 fully saturated rings. The summed E-state index contributed by atoms with van der Waals surface area (Å²) in [5, 5.41) is 3.39. The van der Waals surface area contributed by atoms with Crippen LogP contribution in [0.2, 0.25) is 5.02 Å². The first kappa shape index (κ1) is 25.9. The lowest BCUT2D eigenvalue weighted by Gasteiger charge is -2.44. The smallest absolute Gasteiger partial charge is 0.256 e. The number of amides is 3. The number of hydrogen-bond acceptors (Lipinski definition) is 4. The molecule has 3 aromatic rings. The van der Waals surface area contributed by atoms with E-state index in [9.17, 15) is 18.8 Å². The SMILES string of the molecule is O=C(NCc1ccccc1)C1COC2(CCN(C(=O)c3cccc(Cl)c3)CC2)N1C(=O)c1ccc(F)cc1.